The van der Waals surface area contributed by atoms with Gasteiger partial charge in [-0.1, -0.05) is 28.6 Å². The number of benzene rings is 1. The van der Waals surface area contributed by atoms with Crippen molar-refractivity contribution in [3.8, 4) is 0 Å². The van der Waals surface area contributed by atoms with Gasteiger partial charge in [0.15, 0.2) is 0 Å². The van der Waals surface area contributed by atoms with Gasteiger partial charge in [0.1, 0.15) is 5.82 Å². The van der Waals surface area contributed by atoms with Crippen LogP contribution in [0.2, 0.25) is 0 Å². The van der Waals surface area contributed by atoms with Crippen LogP contribution in [0.3, 0.4) is 0 Å². The highest BCUT2D eigenvalue weighted by atomic mass is 79.9. The zero-order valence-corrected chi connectivity index (χ0v) is 8.57. The summed E-state index contributed by atoms with van der Waals surface area (Å²) < 4.78 is 13.7. The summed E-state index contributed by atoms with van der Waals surface area (Å²) in [4.78, 5) is 0. The van der Waals surface area contributed by atoms with Crippen molar-refractivity contribution in [2.45, 2.75) is 0 Å². The first-order valence-electron chi connectivity index (χ1n) is 3.72. The third kappa shape index (κ3) is 2.73. The van der Waals surface area contributed by atoms with E-state index in [0.29, 0.717) is 12.2 Å². The minimum Gasteiger partial charge on any atom is -0.395 e. The molecule has 2 nitrogen and oxygen atoms in total. The molecule has 70 valence electrons. The maximum Gasteiger partial charge on any atom is 0.148 e. The number of hydrogen-bond acceptors (Lipinski definition) is 2. The van der Waals surface area contributed by atoms with E-state index in [1.165, 1.54) is 6.07 Å². The van der Waals surface area contributed by atoms with E-state index in [2.05, 4.69) is 27.8 Å². The van der Waals surface area contributed by atoms with Gasteiger partial charge in [0, 0.05) is 11.0 Å². The Kier molecular flexibility index (Phi) is 3.31. The molecule has 0 unspecified atom stereocenters. The molecule has 0 aliphatic heterocycles. The molecule has 0 saturated heterocycles. The lowest BCUT2D eigenvalue weighted by atomic mass is 10.2. The van der Waals surface area contributed by atoms with Crippen LogP contribution in [-0.2, 0) is 0 Å². The van der Waals surface area contributed by atoms with Crippen molar-refractivity contribution in [1.82, 2.24) is 0 Å². The van der Waals surface area contributed by atoms with Gasteiger partial charge in [0.25, 0.3) is 0 Å². The molecule has 0 fully saturated rings. The Bertz CT molecular complexity index is 325. The van der Waals surface area contributed by atoms with Crippen LogP contribution in [0.1, 0.15) is 0 Å². The molecule has 1 aromatic rings. The molecule has 0 aliphatic rings. The van der Waals surface area contributed by atoms with E-state index in [1.807, 2.05) is 0 Å². The molecule has 0 aliphatic carbocycles. The molecule has 4 heteroatoms. The van der Waals surface area contributed by atoms with Crippen molar-refractivity contribution in [3.05, 3.63) is 35.1 Å². The highest BCUT2D eigenvalue weighted by Gasteiger charge is 2.02. The van der Waals surface area contributed by atoms with Crippen molar-refractivity contribution < 1.29 is 4.39 Å². The zero-order chi connectivity index (χ0) is 9.84. The van der Waals surface area contributed by atoms with Gasteiger partial charge in [-0.3, -0.25) is 0 Å². The average Bonchev–Trinajstić information content (AvgIpc) is 2.07. The van der Waals surface area contributed by atoms with E-state index in [1.54, 1.807) is 12.1 Å². The fraction of sp³-hybridized carbons (Fsp3) is 0.111. The van der Waals surface area contributed by atoms with E-state index in [4.69, 9.17) is 5.73 Å². The minimum absolute atomic E-state index is 0.135. The highest BCUT2D eigenvalue weighted by molar-refractivity contribution is 9.11. The molecular formula is C9H10BrFN2. The molecule has 0 heterocycles. The molecule has 0 bridgehead atoms. The van der Waals surface area contributed by atoms with Crippen molar-refractivity contribution in [2.24, 2.45) is 0 Å². The third-order valence-electron chi connectivity index (χ3n) is 1.52. The first-order chi connectivity index (χ1) is 6.11. The number of hydrogen-bond donors (Lipinski definition) is 2. The summed E-state index contributed by atoms with van der Waals surface area (Å²) >= 11 is 3.18. The van der Waals surface area contributed by atoms with Gasteiger partial charge >= 0.3 is 0 Å². The number of rotatable bonds is 3. The molecule has 1 aromatic carbocycles. The SMILES string of the molecule is C=C(Br)CNc1cccc(F)c1N. The van der Waals surface area contributed by atoms with E-state index >= 15 is 0 Å². The summed E-state index contributed by atoms with van der Waals surface area (Å²) in [5.74, 6) is -0.412. The number of anilines is 2. The van der Waals surface area contributed by atoms with Gasteiger partial charge in [-0.15, -0.1) is 0 Å². The van der Waals surface area contributed by atoms with Crippen molar-refractivity contribution in [1.29, 1.82) is 0 Å². The van der Waals surface area contributed by atoms with E-state index < -0.39 is 5.82 Å². The number of nitrogen functional groups attached to an aromatic ring is 1. The first-order valence-corrected chi connectivity index (χ1v) is 4.51. The van der Waals surface area contributed by atoms with Crippen LogP contribution in [0.4, 0.5) is 15.8 Å². The Labute approximate surface area is 84.8 Å². The molecule has 0 atom stereocenters. The van der Waals surface area contributed by atoms with Crippen molar-refractivity contribution in [3.63, 3.8) is 0 Å². The quantitative estimate of drug-likeness (QED) is 0.803. The predicted octanol–water partition coefficient (Wildman–Crippen LogP) is 2.73. The molecule has 0 spiro atoms. The fourth-order valence-corrected chi connectivity index (χ4v) is 1.02. The van der Waals surface area contributed by atoms with Gasteiger partial charge in [0.05, 0.1) is 11.4 Å². The summed E-state index contributed by atoms with van der Waals surface area (Å²) in [5.41, 5.74) is 6.21. The van der Waals surface area contributed by atoms with E-state index in [0.717, 1.165) is 4.48 Å². The Hall–Kier alpha value is -1.03. The summed E-state index contributed by atoms with van der Waals surface area (Å²) in [5, 5.41) is 2.94. The lowest BCUT2D eigenvalue weighted by molar-refractivity contribution is 0.633. The van der Waals surface area contributed by atoms with Crippen LogP contribution in [0, 0.1) is 5.82 Å². The zero-order valence-electron chi connectivity index (χ0n) is 6.98. The number of para-hydroxylation sites is 1. The minimum atomic E-state index is -0.412. The summed E-state index contributed by atoms with van der Waals surface area (Å²) in [6.45, 7) is 4.16. The van der Waals surface area contributed by atoms with Crippen LogP contribution in [0.15, 0.2) is 29.3 Å². The fourth-order valence-electron chi connectivity index (χ4n) is 0.882. The third-order valence-corrected chi connectivity index (χ3v) is 1.80. The lowest BCUT2D eigenvalue weighted by Crippen LogP contribution is -2.04. The molecule has 3 N–H and O–H groups in total. The number of nitrogens with one attached hydrogen (secondary N) is 1. The monoisotopic (exact) mass is 244 g/mol. The van der Waals surface area contributed by atoms with E-state index in [9.17, 15) is 4.39 Å². The second-order valence-corrected chi connectivity index (χ2v) is 3.69. The Morgan fingerprint density at radius 1 is 1.62 bits per heavy atom. The molecule has 1 rings (SSSR count). The molecule has 0 radical (unpaired) electrons. The molecule has 0 amide bonds. The van der Waals surface area contributed by atoms with Gasteiger partial charge in [-0.05, 0) is 12.1 Å². The smallest absolute Gasteiger partial charge is 0.148 e. The van der Waals surface area contributed by atoms with Crippen LogP contribution in [0.5, 0.6) is 0 Å². The lowest BCUT2D eigenvalue weighted by Gasteiger charge is -2.08. The van der Waals surface area contributed by atoms with Crippen molar-refractivity contribution in [2.75, 3.05) is 17.6 Å². The predicted molar refractivity (Wildman–Crippen MR) is 57.4 cm³/mol. The second-order valence-electron chi connectivity index (χ2n) is 2.57. The largest absolute Gasteiger partial charge is 0.395 e. The normalized spacial score (nSPS) is 9.69. The summed E-state index contributed by atoms with van der Waals surface area (Å²) in [6.07, 6.45) is 0. The molecule has 13 heavy (non-hydrogen) atoms. The number of halogens is 2. The van der Waals surface area contributed by atoms with Gasteiger partial charge < -0.3 is 11.1 Å². The topological polar surface area (TPSA) is 38.0 Å². The molecule has 0 saturated carbocycles. The van der Waals surface area contributed by atoms with Crippen molar-refractivity contribution >= 4 is 27.3 Å². The van der Waals surface area contributed by atoms with Crippen LogP contribution < -0.4 is 11.1 Å². The van der Waals surface area contributed by atoms with E-state index in [-0.39, 0.29) is 5.69 Å². The van der Waals surface area contributed by atoms with Gasteiger partial charge in [-0.2, -0.15) is 0 Å². The maximum atomic E-state index is 12.9. The van der Waals surface area contributed by atoms with Gasteiger partial charge in [-0.25, -0.2) is 4.39 Å². The first kappa shape index (κ1) is 10.1. The van der Waals surface area contributed by atoms with Gasteiger partial charge in [0.2, 0.25) is 0 Å². The summed E-state index contributed by atoms with van der Waals surface area (Å²) in [7, 11) is 0. The van der Waals surface area contributed by atoms with Crippen LogP contribution in [0.25, 0.3) is 0 Å². The molecular weight excluding hydrogens is 235 g/mol. The summed E-state index contributed by atoms with van der Waals surface area (Å²) in [6, 6.07) is 4.64. The number of nitrogens with two attached hydrogens (primary N) is 1. The second kappa shape index (κ2) is 4.28. The molecule has 0 aromatic heterocycles. The average molecular weight is 245 g/mol. The maximum absolute atomic E-state index is 12.9. The van der Waals surface area contributed by atoms with Crippen LogP contribution >= 0.6 is 15.9 Å². The Morgan fingerprint density at radius 3 is 2.92 bits per heavy atom. The Morgan fingerprint density at radius 2 is 2.31 bits per heavy atom. The standard InChI is InChI=1S/C9H10BrFN2/c1-6(10)5-13-8-4-2-3-7(11)9(8)12/h2-4,13H,1,5,12H2. The van der Waals surface area contributed by atoms with Crippen LogP contribution in [-0.4, -0.2) is 6.54 Å². The Balaban J connectivity index is 2.77. The highest BCUT2D eigenvalue weighted by Crippen LogP contribution is 2.21.